The Bertz CT molecular complexity index is 1210. The van der Waals surface area contributed by atoms with Crippen LogP contribution >= 0.6 is 28.1 Å². The van der Waals surface area contributed by atoms with Crippen LogP contribution in [-0.4, -0.2) is 23.7 Å². The van der Waals surface area contributed by atoms with Crippen LogP contribution in [0.5, 0.6) is 11.5 Å². The summed E-state index contributed by atoms with van der Waals surface area (Å²) in [6, 6.07) is 21.5. The van der Waals surface area contributed by atoms with Crippen LogP contribution < -0.4 is 19.3 Å². The molecule has 0 atom stereocenters. The van der Waals surface area contributed by atoms with Crippen molar-refractivity contribution in [3.8, 4) is 11.5 Å². The number of anilines is 2. The van der Waals surface area contributed by atoms with Crippen LogP contribution in [0.1, 0.15) is 5.56 Å². The van der Waals surface area contributed by atoms with Crippen molar-refractivity contribution in [1.29, 1.82) is 0 Å². The van der Waals surface area contributed by atoms with Gasteiger partial charge in [0, 0.05) is 4.47 Å². The minimum Gasteiger partial charge on any atom is -0.454 e. The van der Waals surface area contributed by atoms with Gasteiger partial charge in [-0.3, -0.25) is 19.4 Å². The van der Waals surface area contributed by atoms with Crippen molar-refractivity contribution in [3.63, 3.8) is 0 Å². The van der Waals surface area contributed by atoms with Crippen LogP contribution in [0.15, 0.2) is 82.8 Å². The number of carbonyl (C=O) groups is 2. The maximum atomic E-state index is 13.5. The fourth-order valence-electron chi connectivity index (χ4n) is 3.54. The van der Waals surface area contributed by atoms with Gasteiger partial charge in [-0.05, 0) is 60.3 Å². The van der Waals surface area contributed by atoms with Gasteiger partial charge < -0.3 is 9.47 Å². The Morgan fingerprint density at radius 3 is 1.84 bits per heavy atom. The zero-order valence-corrected chi connectivity index (χ0v) is 18.9. The Morgan fingerprint density at radius 1 is 0.812 bits per heavy atom. The molecule has 32 heavy (non-hydrogen) atoms. The molecule has 5 rings (SSSR count). The molecule has 0 unspecified atom stereocenters. The van der Waals surface area contributed by atoms with Gasteiger partial charge in [0.1, 0.15) is 5.57 Å². The Balaban J connectivity index is 1.66. The summed E-state index contributed by atoms with van der Waals surface area (Å²) in [6.45, 7) is 0.123. The van der Waals surface area contributed by atoms with Gasteiger partial charge in [0.2, 0.25) is 6.79 Å². The molecule has 0 N–H and O–H groups in total. The molecule has 3 aromatic rings. The van der Waals surface area contributed by atoms with E-state index < -0.39 is 11.8 Å². The lowest BCUT2D eigenvalue weighted by atomic mass is 10.0. The van der Waals surface area contributed by atoms with E-state index in [1.165, 1.54) is 9.80 Å². The summed E-state index contributed by atoms with van der Waals surface area (Å²) in [5.41, 5.74) is 1.74. The smallest absolute Gasteiger partial charge is 0.270 e. The highest BCUT2D eigenvalue weighted by molar-refractivity contribution is 9.10. The Morgan fingerprint density at radius 2 is 1.31 bits per heavy atom. The largest absolute Gasteiger partial charge is 0.454 e. The summed E-state index contributed by atoms with van der Waals surface area (Å²) >= 11 is 9.10. The van der Waals surface area contributed by atoms with Crippen LogP contribution in [0, 0.1) is 0 Å². The first kappa shape index (κ1) is 20.4. The molecule has 2 heterocycles. The molecule has 0 aromatic heterocycles. The van der Waals surface area contributed by atoms with Crippen molar-refractivity contribution in [3.05, 3.63) is 88.4 Å². The molecule has 1 saturated heterocycles. The van der Waals surface area contributed by atoms with Crippen molar-refractivity contribution in [2.45, 2.75) is 0 Å². The zero-order chi connectivity index (χ0) is 22.2. The summed E-state index contributed by atoms with van der Waals surface area (Å²) in [6.07, 6.45) is 1.55. The van der Waals surface area contributed by atoms with E-state index >= 15 is 0 Å². The molecule has 6 nitrogen and oxygen atoms in total. The van der Waals surface area contributed by atoms with E-state index in [9.17, 15) is 9.59 Å². The second-order valence-corrected chi connectivity index (χ2v) is 8.24. The van der Waals surface area contributed by atoms with E-state index in [1.54, 1.807) is 42.5 Å². The van der Waals surface area contributed by atoms with Gasteiger partial charge in [-0.2, -0.15) is 0 Å². The summed E-state index contributed by atoms with van der Waals surface area (Å²) in [4.78, 5) is 29.8. The van der Waals surface area contributed by atoms with Gasteiger partial charge in [0.25, 0.3) is 11.8 Å². The van der Waals surface area contributed by atoms with Gasteiger partial charge in [0.05, 0.1) is 11.4 Å². The number of halogens is 1. The highest BCUT2D eigenvalue weighted by Crippen LogP contribution is 2.38. The molecule has 0 radical (unpaired) electrons. The summed E-state index contributed by atoms with van der Waals surface area (Å²) < 4.78 is 11.5. The quantitative estimate of drug-likeness (QED) is 0.286. The second-order valence-electron chi connectivity index (χ2n) is 7.02. The van der Waals surface area contributed by atoms with Gasteiger partial charge in [-0.15, -0.1) is 0 Å². The molecule has 1 fully saturated rings. The Labute approximate surface area is 197 Å². The summed E-state index contributed by atoms with van der Waals surface area (Å²) in [7, 11) is 0. The normalized spacial score (nSPS) is 15.4. The monoisotopic (exact) mass is 506 g/mol. The number of benzene rings is 3. The molecule has 3 aromatic carbocycles. The second kappa shape index (κ2) is 8.22. The first-order chi connectivity index (χ1) is 15.5. The van der Waals surface area contributed by atoms with E-state index in [0.717, 1.165) is 0 Å². The molecular formula is C24H15BrN2O4S. The first-order valence-corrected chi connectivity index (χ1v) is 10.9. The number of carbonyl (C=O) groups excluding carboxylic acids is 2. The number of thiocarbonyl (C=S) groups is 1. The standard InChI is InChI=1S/C24H15BrN2O4S/c25-19-13-21-20(30-14-31-21)12-15(19)11-18-22(28)26(16-7-3-1-4-8-16)24(32)27(23(18)29)17-9-5-2-6-10-17/h1-13H,14H2. The topological polar surface area (TPSA) is 59.1 Å². The third-order valence-corrected chi connectivity index (χ3v) is 6.12. The van der Waals surface area contributed by atoms with Crippen molar-refractivity contribution in [1.82, 2.24) is 0 Å². The van der Waals surface area contributed by atoms with Gasteiger partial charge in [-0.1, -0.05) is 52.3 Å². The average molecular weight is 507 g/mol. The van der Waals surface area contributed by atoms with E-state index in [2.05, 4.69) is 15.9 Å². The number of ether oxygens (including phenoxy) is 2. The van der Waals surface area contributed by atoms with Gasteiger partial charge >= 0.3 is 0 Å². The lowest BCUT2D eigenvalue weighted by Crippen LogP contribution is -2.56. The van der Waals surface area contributed by atoms with Gasteiger partial charge in [0.15, 0.2) is 16.6 Å². The molecule has 158 valence electrons. The van der Waals surface area contributed by atoms with Crippen molar-refractivity contribution in [2.75, 3.05) is 16.6 Å². The SMILES string of the molecule is O=C1C(=Cc2cc3c(cc2Br)OCO3)C(=O)N(c2ccccc2)C(=S)N1c1ccccc1. The van der Waals surface area contributed by atoms with Crippen LogP contribution in [0.3, 0.4) is 0 Å². The number of amides is 2. The van der Waals surface area contributed by atoms with Crippen LogP contribution in [0.4, 0.5) is 11.4 Å². The molecule has 2 amide bonds. The van der Waals surface area contributed by atoms with E-state index in [0.29, 0.717) is 32.9 Å². The third kappa shape index (κ3) is 3.47. The molecule has 0 spiro atoms. The minimum atomic E-state index is -0.497. The number of fused-ring (bicyclic) bond motifs is 1. The number of hydrogen-bond donors (Lipinski definition) is 0. The van der Waals surface area contributed by atoms with Crippen molar-refractivity contribution in [2.24, 2.45) is 0 Å². The van der Waals surface area contributed by atoms with Crippen molar-refractivity contribution >= 4 is 62.5 Å². The lowest BCUT2D eigenvalue weighted by Gasteiger charge is -2.36. The minimum absolute atomic E-state index is 0.0223. The highest BCUT2D eigenvalue weighted by atomic mass is 79.9. The zero-order valence-electron chi connectivity index (χ0n) is 16.5. The predicted molar refractivity (Wildman–Crippen MR) is 129 cm³/mol. The highest BCUT2D eigenvalue weighted by Gasteiger charge is 2.41. The first-order valence-electron chi connectivity index (χ1n) is 9.68. The number of hydrogen-bond acceptors (Lipinski definition) is 5. The van der Waals surface area contributed by atoms with Crippen LogP contribution in [-0.2, 0) is 9.59 Å². The number of nitrogens with zero attached hydrogens (tertiary/aromatic N) is 2. The van der Waals surface area contributed by atoms with E-state index in [1.807, 2.05) is 36.4 Å². The molecule has 2 aliphatic rings. The molecule has 0 bridgehead atoms. The van der Waals surface area contributed by atoms with E-state index in [-0.39, 0.29) is 17.5 Å². The Kier molecular flexibility index (Phi) is 5.24. The molecule has 2 aliphatic heterocycles. The van der Waals surface area contributed by atoms with Crippen LogP contribution in [0.2, 0.25) is 0 Å². The number of rotatable bonds is 3. The van der Waals surface area contributed by atoms with Crippen LogP contribution in [0.25, 0.3) is 6.08 Å². The molecule has 0 saturated carbocycles. The summed E-state index contributed by atoms with van der Waals surface area (Å²) in [5.74, 6) is 0.148. The number of para-hydroxylation sites is 2. The van der Waals surface area contributed by atoms with Gasteiger partial charge in [-0.25, -0.2) is 0 Å². The summed E-state index contributed by atoms with van der Waals surface area (Å²) in [5, 5.41) is 0.0966. The molecule has 0 aliphatic carbocycles. The third-order valence-electron chi connectivity index (χ3n) is 5.07. The van der Waals surface area contributed by atoms with Crippen molar-refractivity contribution < 1.29 is 19.1 Å². The fraction of sp³-hybridized carbons (Fsp3) is 0.0417. The predicted octanol–water partition coefficient (Wildman–Crippen LogP) is 4.93. The Hall–Kier alpha value is -3.49. The van der Waals surface area contributed by atoms with E-state index in [4.69, 9.17) is 21.7 Å². The average Bonchev–Trinajstić information content (AvgIpc) is 3.25. The molecular weight excluding hydrogens is 492 g/mol. The maximum Gasteiger partial charge on any atom is 0.270 e. The lowest BCUT2D eigenvalue weighted by molar-refractivity contribution is -0.120. The maximum absolute atomic E-state index is 13.5. The fourth-order valence-corrected chi connectivity index (χ4v) is 4.35. The molecule has 8 heteroatoms.